The number of amides is 1. The molecule has 0 saturated carbocycles. The van der Waals surface area contributed by atoms with Crippen LogP contribution in [0, 0.1) is 5.92 Å². The Morgan fingerprint density at radius 3 is 2.68 bits per heavy atom. The fourth-order valence-corrected chi connectivity index (χ4v) is 5.45. The summed E-state index contributed by atoms with van der Waals surface area (Å²) < 4.78 is 39.3. The zero-order chi connectivity index (χ0) is 22.9. The first kappa shape index (κ1) is 25.4. The fraction of sp³-hybridized carbons (Fsp3) is 0.947. The average Bonchev–Trinajstić information content (AvgIpc) is 2.96. The summed E-state index contributed by atoms with van der Waals surface area (Å²) in [6, 6.07) is -1.58. The van der Waals surface area contributed by atoms with Crippen molar-refractivity contribution in [3.63, 3.8) is 0 Å². The molecule has 0 aromatic heterocycles. The molecule has 5 N–H and O–H groups in total. The second-order valence-corrected chi connectivity index (χ2v) is 10.2. The molecular formula is C19H31ClF2N2O6S. The SMILES string of the molecule is CSC1OC([C@H](NC(=O)[C@H]2NC[C@@H]3CC(F)(F)CCO[C@H]32)[C@H](C)Cl)CC(O)C(O)[C@H]1O. The van der Waals surface area contributed by atoms with Gasteiger partial charge in [0, 0.05) is 31.7 Å². The van der Waals surface area contributed by atoms with E-state index in [1.54, 1.807) is 13.2 Å². The molecule has 3 rings (SSSR count). The molecule has 0 aliphatic carbocycles. The van der Waals surface area contributed by atoms with Gasteiger partial charge in [-0.3, -0.25) is 4.79 Å². The highest BCUT2D eigenvalue weighted by Crippen LogP contribution is 2.36. The van der Waals surface area contributed by atoms with Crippen LogP contribution in [-0.4, -0.2) is 100.0 Å². The van der Waals surface area contributed by atoms with Crippen molar-refractivity contribution in [2.45, 2.75) is 85.5 Å². The van der Waals surface area contributed by atoms with Gasteiger partial charge in [-0.15, -0.1) is 23.4 Å². The first-order valence-electron chi connectivity index (χ1n) is 10.4. The zero-order valence-corrected chi connectivity index (χ0v) is 19.0. The molecule has 180 valence electrons. The zero-order valence-electron chi connectivity index (χ0n) is 17.4. The van der Waals surface area contributed by atoms with E-state index in [0.717, 1.165) is 11.8 Å². The predicted octanol–water partition coefficient (Wildman–Crippen LogP) is 0.0615. The summed E-state index contributed by atoms with van der Waals surface area (Å²) >= 11 is 7.50. The third-order valence-corrected chi connectivity index (χ3v) is 7.38. The number of hydrogen-bond donors (Lipinski definition) is 5. The van der Waals surface area contributed by atoms with E-state index in [1.807, 2.05) is 0 Å². The Labute approximate surface area is 189 Å². The molecule has 31 heavy (non-hydrogen) atoms. The molecule has 4 unspecified atom stereocenters. The van der Waals surface area contributed by atoms with Gasteiger partial charge in [0.15, 0.2) is 0 Å². The van der Waals surface area contributed by atoms with Gasteiger partial charge in [-0.2, -0.15) is 0 Å². The second-order valence-electron chi connectivity index (χ2n) is 8.57. The molecule has 3 fully saturated rings. The molecule has 0 aromatic rings. The lowest BCUT2D eigenvalue weighted by atomic mass is 9.94. The van der Waals surface area contributed by atoms with Gasteiger partial charge in [0.1, 0.15) is 23.7 Å². The maximum absolute atomic E-state index is 13.9. The highest BCUT2D eigenvalue weighted by molar-refractivity contribution is 7.99. The molecule has 0 aromatic carbocycles. The smallest absolute Gasteiger partial charge is 0.250 e. The van der Waals surface area contributed by atoms with E-state index in [4.69, 9.17) is 21.1 Å². The van der Waals surface area contributed by atoms with Crippen molar-refractivity contribution in [3.8, 4) is 0 Å². The van der Waals surface area contributed by atoms with Crippen LogP contribution in [0.4, 0.5) is 8.78 Å². The number of alkyl halides is 3. The van der Waals surface area contributed by atoms with Gasteiger partial charge in [-0.05, 0) is 13.2 Å². The van der Waals surface area contributed by atoms with Crippen molar-refractivity contribution < 1.29 is 38.4 Å². The van der Waals surface area contributed by atoms with Crippen molar-refractivity contribution in [2.75, 3.05) is 19.4 Å². The minimum absolute atomic E-state index is 0.0514. The highest BCUT2D eigenvalue weighted by atomic mass is 35.5. The van der Waals surface area contributed by atoms with Crippen LogP contribution in [0.2, 0.25) is 0 Å². The molecule has 3 aliphatic rings. The van der Waals surface area contributed by atoms with Crippen molar-refractivity contribution >= 4 is 29.3 Å². The Morgan fingerprint density at radius 2 is 2.03 bits per heavy atom. The quantitative estimate of drug-likeness (QED) is 0.345. The molecular weight excluding hydrogens is 458 g/mol. The van der Waals surface area contributed by atoms with Gasteiger partial charge in [-0.25, -0.2) is 8.78 Å². The topological polar surface area (TPSA) is 120 Å². The third-order valence-electron chi connectivity index (χ3n) is 6.26. The number of hydrogen-bond acceptors (Lipinski definition) is 8. The van der Waals surface area contributed by atoms with Gasteiger partial charge < -0.3 is 35.4 Å². The molecule has 0 radical (unpaired) electrons. The van der Waals surface area contributed by atoms with Gasteiger partial charge >= 0.3 is 0 Å². The van der Waals surface area contributed by atoms with Crippen LogP contribution in [0.15, 0.2) is 0 Å². The lowest BCUT2D eigenvalue weighted by Crippen LogP contribution is -2.56. The van der Waals surface area contributed by atoms with E-state index in [-0.39, 0.29) is 32.4 Å². The molecule has 3 saturated heterocycles. The summed E-state index contributed by atoms with van der Waals surface area (Å²) in [6.07, 6.45) is -4.52. The Hall–Kier alpha value is -0.270. The first-order chi connectivity index (χ1) is 14.5. The number of ether oxygens (including phenoxy) is 2. The fourth-order valence-electron chi connectivity index (χ4n) is 4.53. The van der Waals surface area contributed by atoms with Crippen LogP contribution >= 0.6 is 23.4 Å². The van der Waals surface area contributed by atoms with E-state index < -0.39 is 71.2 Å². The van der Waals surface area contributed by atoms with Crippen molar-refractivity contribution in [2.24, 2.45) is 5.92 Å². The van der Waals surface area contributed by atoms with Crippen molar-refractivity contribution in [1.29, 1.82) is 0 Å². The predicted molar refractivity (Wildman–Crippen MR) is 111 cm³/mol. The molecule has 1 amide bonds. The minimum Gasteiger partial charge on any atom is -0.390 e. The molecule has 12 heteroatoms. The summed E-state index contributed by atoms with van der Waals surface area (Å²) in [5.41, 5.74) is -0.826. The van der Waals surface area contributed by atoms with Gasteiger partial charge in [0.2, 0.25) is 5.91 Å². The number of aliphatic hydroxyl groups is 3. The van der Waals surface area contributed by atoms with Crippen LogP contribution in [-0.2, 0) is 14.3 Å². The molecule has 0 spiro atoms. The maximum atomic E-state index is 13.9. The number of halogens is 3. The summed E-state index contributed by atoms with van der Waals surface area (Å²) in [4.78, 5) is 13.1. The lowest BCUT2D eigenvalue weighted by molar-refractivity contribution is -0.128. The number of nitrogens with one attached hydrogen (secondary N) is 2. The third kappa shape index (κ3) is 5.81. The Balaban J connectivity index is 1.72. The molecule has 3 heterocycles. The Morgan fingerprint density at radius 1 is 1.32 bits per heavy atom. The number of fused-ring (bicyclic) bond motifs is 1. The van der Waals surface area contributed by atoms with E-state index >= 15 is 0 Å². The van der Waals surface area contributed by atoms with Gasteiger partial charge in [-0.1, -0.05) is 0 Å². The molecule has 0 bridgehead atoms. The number of rotatable bonds is 5. The summed E-state index contributed by atoms with van der Waals surface area (Å²) in [7, 11) is 0. The average molecular weight is 489 g/mol. The summed E-state index contributed by atoms with van der Waals surface area (Å²) in [5.74, 6) is -3.76. The molecule has 8 nitrogen and oxygen atoms in total. The van der Waals surface area contributed by atoms with Crippen LogP contribution in [0.25, 0.3) is 0 Å². The number of aliphatic hydroxyl groups excluding tert-OH is 3. The van der Waals surface area contributed by atoms with Crippen LogP contribution in [0.1, 0.15) is 26.2 Å². The largest absolute Gasteiger partial charge is 0.390 e. The number of carbonyl (C=O) groups excluding carboxylic acids is 1. The minimum atomic E-state index is -2.82. The number of thioether (sulfide) groups is 1. The van der Waals surface area contributed by atoms with Crippen LogP contribution in [0.5, 0.6) is 0 Å². The second kappa shape index (κ2) is 10.3. The number of carbonyl (C=O) groups is 1. The summed E-state index contributed by atoms with van der Waals surface area (Å²) in [5, 5.41) is 35.8. The van der Waals surface area contributed by atoms with Gasteiger partial charge in [0.25, 0.3) is 5.92 Å². The Bertz CT molecular complexity index is 636. The van der Waals surface area contributed by atoms with E-state index in [2.05, 4.69) is 10.6 Å². The van der Waals surface area contributed by atoms with Crippen LogP contribution < -0.4 is 10.6 Å². The standard InChI is InChI=1S/C19H31ClF2N2O6S/c1-8(20)12(11-5-10(25)14(26)15(27)18(30-11)31-2)24-17(28)13-16-9(7-23-13)6-19(21,22)3-4-29-16/h8-16,18,23,25-27H,3-7H2,1-2H3,(H,24,28)/t8-,9-,10?,11?,12+,13-,14?,15+,16+,18?/m0/s1. The van der Waals surface area contributed by atoms with Crippen LogP contribution in [0.3, 0.4) is 0 Å². The van der Waals surface area contributed by atoms with E-state index in [1.165, 1.54) is 0 Å². The Kier molecular flexibility index (Phi) is 8.45. The molecule has 3 aliphatic heterocycles. The lowest BCUT2D eigenvalue weighted by Gasteiger charge is -2.33. The van der Waals surface area contributed by atoms with E-state index in [9.17, 15) is 28.9 Å². The molecule has 10 atom stereocenters. The summed E-state index contributed by atoms with van der Waals surface area (Å²) in [6.45, 7) is 1.77. The van der Waals surface area contributed by atoms with E-state index in [0.29, 0.717) is 0 Å². The first-order valence-corrected chi connectivity index (χ1v) is 12.2. The monoisotopic (exact) mass is 488 g/mol. The normalized spacial score (nSPS) is 42.7. The van der Waals surface area contributed by atoms with Crippen molar-refractivity contribution in [3.05, 3.63) is 0 Å². The van der Waals surface area contributed by atoms with Crippen molar-refractivity contribution in [1.82, 2.24) is 10.6 Å². The van der Waals surface area contributed by atoms with Gasteiger partial charge in [0.05, 0.1) is 36.3 Å². The highest BCUT2D eigenvalue weighted by Gasteiger charge is 2.49. The maximum Gasteiger partial charge on any atom is 0.250 e.